The van der Waals surface area contributed by atoms with Gasteiger partial charge in [0.25, 0.3) is 0 Å². The standard InChI is InChI=1S/C32H37N5O3S.2ClH/c1-5-37-26-14-13-24(20-27(26)35(4)30(38)32(2,3)31(37)39)40-19-9-17-36(18-15-23-10-8-16-33-21-23)22-29-34-25-11-6-7-12-28(25)41-29;;/h6-8,10-14,16,20-21H,5,9,15,17-19,22H2,1-4H3;2*1H. The second-order valence-electron chi connectivity index (χ2n) is 10.9. The fourth-order valence-electron chi connectivity index (χ4n) is 5.23. The van der Waals surface area contributed by atoms with E-state index in [0.717, 1.165) is 48.7 Å². The van der Waals surface area contributed by atoms with E-state index in [9.17, 15) is 9.59 Å². The SMILES string of the molecule is CCN1C(=O)C(C)(C)C(=O)N(C)c2cc(OCCCN(CCc3cccnc3)Cc3nc4ccccc4s3)ccc21.Cl.Cl. The normalized spacial score (nSPS) is 14.3. The van der Waals surface area contributed by atoms with Crippen LogP contribution < -0.4 is 14.5 Å². The topological polar surface area (TPSA) is 78.9 Å². The Morgan fingerprint density at radius 1 is 0.977 bits per heavy atom. The first-order chi connectivity index (χ1) is 19.8. The van der Waals surface area contributed by atoms with Gasteiger partial charge in [0.15, 0.2) is 0 Å². The molecule has 0 radical (unpaired) electrons. The van der Waals surface area contributed by atoms with Crippen molar-refractivity contribution in [2.75, 3.05) is 43.1 Å². The van der Waals surface area contributed by atoms with Crippen LogP contribution in [0, 0.1) is 5.41 Å². The first-order valence-corrected chi connectivity index (χ1v) is 14.9. The quantitative estimate of drug-likeness (QED) is 0.139. The van der Waals surface area contributed by atoms with E-state index in [2.05, 4.69) is 34.1 Å². The Balaban J connectivity index is 0.00000253. The molecule has 0 unspecified atom stereocenters. The molecule has 5 rings (SSSR count). The van der Waals surface area contributed by atoms with Crippen LogP contribution in [-0.2, 0) is 22.6 Å². The van der Waals surface area contributed by atoms with Gasteiger partial charge in [0.1, 0.15) is 16.2 Å². The van der Waals surface area contributed by atoms with Gasteiger partial charge in [0.05, 0.1) is 34.7 Å². The average molecular weight is 645 g/mol. The minimum atomic E-state index is -1.13. The molecule has 0 saturated heterocycles. The molecule has 3 heterocycles. The third-order valence-corrected chi connectivity index (χ3v) is 8.58. The van der Waals surface area contributed by atoms with Crippen LogP contribution in [0.4, 0.5) is 11.4 Å². The number of carbonyl (C=O) groups excluding carboxylic acids is 2. The molecule has 1 aliphatic heterocycles. The van der Waals surface area contributed by atoms with Crippen LogP contribution in [0.1, 0.15) is 37.8 Å². The summed E-state index contributed by atoms with van der Waals surface area (Å²) in [6.45, 7) is 8.84. The molecular weight excluding hydrogens is 605 g/mol. The lowest BCUT2D eigenvalue weighted by Crippen LogP contribution is -2.47. The number of amides is 2. The zero-order chi connectivity index (χ0) is 29.0. The Morgan fingerprint density at radius 2 is 1.77 bits per heavy atom. The molecule has 1 aliphatic rings. The van der Waals surface area contributed by atoms with Gasteiger partial charge >= 0.3 is 0 Å². The molecule has 11 heteroatoms. The number of hydrogen-bond acceptors (Lipinski definition) is 7. The van der Waals surface area contributed by atoms with Crippen molar-refractivity contribution < 1.29 is 14.3 Å². The number of benzene rings is 2. The van der Waals surface area contributed by atoms with E-state index < -0.39 is 5.41 Å². The van der Waals surface area contributed by atoms with Crippen LogP contribution in [0.3, 0.4) is 0 Å². The van der Waals surface area contributed by atoms with Gasteiger partial charge in [0.2, 0.25) is 11.8 Å². The number of anilines is 2. The van der Waals surface area contributed by atoms with E-state index in [4.69, 9.17) is 9.72 Å². The number of nitrogens with zero attached hydrogens (tertiary/aromatic N) is 5. The molecule has 2 amide bonds. The van der Waals surface area contributed by atoms with Crippen molar-refractivity contribution in [3.63, 3.8) is 0 Å². The fraction of sp³-hybridized carbons (Fsp3) is 0.375. The molecule has 230 valence electrons. The van der Waals surface area contributed by atoms with Crippen molar-refractivity contribution in [3.05, 3.63) is 77.6 Å². The van der Waals surface area contributed by atoms with Gasteiger partial charge in [-0.1, -0.05) is 18.2 Å². The van der Waals surface area contributed by atoms with Crippen molar-refractivity contribution in [1.82, 2.24) is 14.9 Å². The third kappa shape index (κ3) is 7.65. The maximum absolute atomic E-state index is 13.1. The largest absolute Gasteiger partial charge is 0.493 e. The molecule has 43 heavy (non-hydrogen) atoms. The molecule has 4 aromatic rings. The highest BCUT2D eigenvalue weighted by atomic mass is 35.5. The molecule has 2 aromatic heterocycles. The van der Waals surface area contributed by atoms with Gasteiger partial charge in [-0.2, -0.15) is 0 Å². The summed E-state index contributed by atoms with van der Waals surface area (Å²) >= 11 is 1.74. The molecule has 0 spiro atoms. The van der Waals surface area contributed by atoms with Gasteiger partial charge in [-0.05, 0) is 69.5 Å². The summed E-state index contributed by atoms with van der Waals surface area (Å²) < 4.78 is 7.37. The zero-order valence-electron chi connectivity index (χ0n) is 25.0. The Kier molecular flexibility index (Phi) is 11.9. The Labute approximate surface area is 269 Å². The predicted molar refractivity (Wildman–Crippen MR) is 179 cm³/mol. The number of carbonyl (C=O) groups is 2. The van der Waals surface area contributed by atoms with Crippen molar-refractivity contribution in [3.8, 4) is 5.75 Å². The lowest BCUT2D eigenvalue weighted by Gasteiger charge is -2.27. The average Bonchev–Trinajstić information content (AvgIpc) is 3.39. The lowest BCUT2D eigenvalue weighted by atomic mass is 9.90. The number of aromatic nitrogens is 2. The summed E-state index contributed by atoms with van der Waals surface area (Å²) in [5.74, 6) is 0.263. The van der Waals surface area contributed by atoms with Crippen LogP contribution in [0.2, 0.25) is 0 Å². The highest BCUT2D eigenvalue weighted by Gasteiger charge is 2.45. The number of ether oxygens (including phenoxy) is 1. The number of fused-ring (bicyclic) bond motifs is 2. The van der Waals surface area contributed by atoms with Crippen LogP contribution >= 0.6 is 36.2 Å². The highest BCUT2D eigenvalue weighted by Crippen LogP contribution is 2.40. The summed E-state index contributed by atoms with van der Waals surface area (Å²) in [5, 5.41) is 1.11. The number of para-hydroxylation sites is 1. The highest BCUT2D eigenvalue weighted by molar-refractivity contribution is 7.18. The Bertz CT molecular complexity index is 1500. The van der Waals surface area contributed by atoms with Crippen LogP contribution in [0.5, 0.6) is 5.75 Å². The number of rotatable bonds is 11. The number of hydrogen-bond donors (Lipinski definition) is 0. The number of thiazole rings is 1. The van der Waals surface area contributed by atoms with Crippen LogP contribution in [0.25, 0.3) is 10.2 Å². The first kappa shape index (κ1) is 34.3. The Morgan fingerprint density at radius 3 is 2.49 bits per heavy atom. The summed E-state index contributed by atoms with van der Waals surface area (Å²) in [7, 11) is 1.72. The summed E-state index contributed by atoms with van der Waals surface area (Å²) in [4.78, 5) is 41.1. The predicted octanol–water partition coefficient (Wildman–Crippen LogP) is 6.40. The van der Waals surface area contributed by atoms with Crippen molar-refractivity contribution in [2.24, 2.45) is 5.41 Å². The second-order valence-corrected chi connectivity index (χ2v) is 12.0. The van der Waals surface area contributed by atoms with Crippen molar-refractivity contribution >= 4 is 69.6 Å². The molecule has 0 fully saturated rings. The van der Waals surface area contributed by atoms with Gasteiger partial charge in [-0.15, -0.1) is 36.2 Å². The van der Waals surface area contributed by atoms with Crippen molar-refractivity contribution in [1.29, 1.82) is 0 Å². The first-order valence-electron chi connectivity index (χ1n) is 14.1. The summed E-state index contributed by atoms with van der Waals surface area (Å²) in [6, 6.07) is 18.0. The number of pyridine rings is 1. The van der Waals surface area contributed by atoms with Crippen molar-refractivity contribution in [2.45, 2.75) is 40.2 Å². The van der Waals surface area contributed by atoms with E-state index in [1.807, 2.05) is 43.5 Å². The summed E-state index contributed by atoms with van der Waals surface area (Å²) in [6.07, 6.45) is 5.46. The van der Waals surface area contributed by atoms with Crippen LogP contribution in [0.15, 0.2) is 67.0 Å². The smallest absolute Gasteiger partial charge is 0.242 e. The van der Waals surface area contributed by atoms with Gasteiger partial charge in [-0.25, -0.2) is 4.98 Å². The van der Waals surface area contributed by atoms with E-state index in [0.29, 0.717) is 24.6 Å². The third-order valence-electron chi connectivity index (χ3n) is 7.56. The monoisotopic (exact) mass is 643 g/mol. The molecule has 2 aromatic carbocycles. The minimum absolute atomic E-state index is 0. The molecule has 0 aliphatic carbocycles. The maximum Gasteiger partial charge on any atom is 0.242 e. The molecule has 8 nitrogen and oxygen atoms in total. The molecular formula is C32H39Cl2N5O3S. The molecule has 0 N–H and O–H groups in total. The lowest BCUT2D eigenvalue weighted by molar-refractivity contribution is -0.137. The number of halogens is 2. The second kappa shape index (κ2) is 15.0. The minimum Gasteiger partial charge on any atom is -0.493 e. The summed E-state index contributed by atoms with van der Waals surface area (Å²) in [5.41, 5.74) is 2.53. The van der Waals surface area contributed by atoms with Gasteiger partial charge in [-0.3, -0.25) is 19.5 Å². The molecule has 0 atom stereocenters. The van der Waals surface area contributed by atoms with E-state index >= 15 is 0 Å². The Hall–Kier alpha value is -3.24. The van der Waals surface area contributed by atoms with E-state index in [-0.39, 0.29) is 36.6 Å². The van der Waals surface area contributed by atoms with Gasteiger partial charge in [0, 0.05) is 45.1 Å². The van der Waals surface area contributed by atoms with Gasteiger partial charge < -0.3 is 14.5 Å². The van der Waals surface area contributed by atoms with E-state index in [1.54, 1.807) is 48.2 Å². The molecule has 0 saturated carbocycles. The zero-order valence-corrected chi connectivity index (χ0v) is 27.4. The molecule has 0 bridgehead atoms. The van der Waals surface area contributed by atoms with E-state index in [1.165, 1.54) is 10.3 Å². The maximum atomic E-state index is 13.1. The van der Waals surface area contributed by atoms with Crippen LogP contribution in [-0.4, -0.2) is 60.0 Å². The fourth-order valence-corrected chi connectivity index (χ4v) is 6.24.